The van der Waals surface area contributed by atoms with Crippen LogP contribution in [-0.2, 0) is 24.2 Å². The second-order valence-corrected chi connectivity index (χ2v) is 8.67. The number of hydrogen-bond acceptors (Lipinski definition) is 0. The van der Waals surface area contributed by atoms with Crippen molar-refractivity contribution in [2.24, 2.45) is 0 Å². The van der Waals surface area contributed by atoms with Crippen molar-refractivity contribution in [1.82, 2.24) is 0 Å². The summed E-state index contributed by atoms with van der Waals surface area (Å²) in [4.78, 5) is 0. The summed E-state index contributed by atoms with van der Waals surface area (Å²) in [7, 11) is 0. The Morgan fingerprint density at radius 3 is 1.38 bits per heavy atom. The van der Waals surface area contributed by atoms with E-state index in [0.717, 1.165) is 0 Å². The number of rotatable bonds is 0. The number of fused-ring (bicyclic) bond motifs is 2. The average molecular weight is 392 g/mol. The summed E-state index contributed by atoms with van der Waals surface area (Å²) in [6, 6.07) is 25.5. The van der Waals surface area contributed by atoms with Gasteiger partial charge in [-0.05, 0) is 0 Å². The minimum absolute atomic E-state index is 1.35. The second-order valence-electron chi connectivity index (χ2n) is 6.21. The molecule has 0 aliphatic rings. The molecule has 24 heavy (non-hydrogen) atoms. The third-order valence-electron chi connectivity index (χ3n) is 3.80. The van der Waals surface area contributed by atoms with Crippen LogP contribution in [0.4, 0.5) is 0 Å². The predicted molar refractivity (Wildman–Crippen MR) is 105 cm³/mol. The van der Waals surface area contributed by atoms with Crippen LogP contribution in [0.25, 0.3) is 21.5 Å². The predicted octanol–water partition coefficient (Wildman–Crippen LogP) is 6.48. The molecule has 0 spiro atoms. The zero-order valence-electron chi connectivity index (χ0n) is 14.9. The first-order valence-corrected chi connectivity index (χ1v) is 9.46. The Hall–Kier alpha value is -1.59. The van der Waals surface area contributed by atoms with Gasteiger partial charge in [0.05, 0.1) is 0 Å². The Morgan fingerprint density at radius 2 is 1.04 bits per heavy atom. The van der Waals surface area contributed by atoms with Gasteiger partial charge < -0.3 is 0 Å². The molecule has 0 saturated carbocycles. The fourth-order valence-corrected chi connectivity index (χ4v) is 2.61. The van der Waals surface area contributed by atoms with Gasteiger partial charge in [-0.2, -0.15) is 23.3 Å². The number of hydrogen-bond donors (Lipinski definition) is 0. The molecular formula is C23H24Zr. The van der Waals surface area contributed by atoms with Crippen molar-refractivity contribution in [2.75, 3.05) is 0 Å². The van der Waals surface area contributed by atoms with Crippen LogP contribution >= 0.6 is 0 Å². The summed E-state index contributed by atoms with van der Waals surface area (Å²) in [5.74, 6) is 0. The smallest absolute Gasteiger partial charge is 0.0809 e. The van der Waals surface area contributed by atoms with Crippen molar-refractivity contribution in [2.45, 2.75) is 27.7 Å². The quantitative estimate of drug-likeness (QED) is 0.301. The first kappa shape index (κ1) is 18.7. The zero-order valence-corrected chi connectivity index (χ0v) is 17.4. The minimum atomic E-state index is 1.35. The normalized spacial score (nSPS) is 9.92. The van der Waals surface area contributed by atoms with E-state index in [1.807, 2.05) is 0 Å². The standard InChI is InChI=1S/2C10H9.C3H6.Zr/c2*1-8-6-7-9-4-2-3-5-10(8)9;1-3-2;/h2*2-7H,1H3;1-2H3;/q2*-1;;+2. The minimum Gasteiger partial charge on any atom is -0.156 e. The molecule has 1 heteroatoms. The van der Waals surface area contributed by atoms with Crippen molar-refractivity contribution >= 4 is 24.8 Å². The molecule has 0 unspecified atom stereocenters. The van der Waals surface area contributed by atoms with Crippen LogP contribution in [0.3, 0.4) is 0 Å². The van der Waals surface area contributed by atoms with E-state index in [1.54, 1.807) is 24.2 Å². The van der Waals surface area contributed by atoms with Crippen molar-refractivity contribution < 1.29 is 24.2 Å². The Bertz CT molecular complexity index is 845. The summed E-state index contributed by atoms with van der Waals surface area (Å²) >= 11 is 1.55. The first-order valence-electron chi connectivity index (χ1n) is 8.23. The van der Waals surface area contributed by atoms with Gasteiger partial charge in [0.1, 0.15) is 0 Å². The van der Waals surface area contributed by atoms with Crippen LogP contribution in [0.1, 0.15) is 25.0 Å². The van der Waals surface area contributed by atoms with Gasteiger partial charge in [-0.1, -0.05) is 26.0 Å². The number of benzene rings is 2. The summed E-state index contributed by atoms with van der Waals surface area (Å²) in [5.41, 5.74) is 2.74. The van der Waals surface area contributed by atoms with E-state index in [2.05, 4.69) is 100 Å². The molecule has 0 saturated heterocycles. The van der Waals surface area contributed by atoms with Gasteiger partial charge in [-0.3, -0.25) is 0 Å². The molecule has 0 bridgehead atoms. The maximum absolute atomic E-state index is 2.16. The van der Waals surface area contributed by atoms with Crippen molar-refractivity contribution in [3.8, 4) is 0 Å². The van der Waals surface area contributed by atoms with E-state index in [-0.39, 0.29) is 0 Å². The molecule has 0 heterocycles. The largest absolute Gasteiger partial charge is 0.156 e. The van der Waals surface area contributed by atoms with Gasteiger partial charge in [0, 0.05) is 0 Å². The van der Waals surface area contributed by atoms with Gasteiger partial charge in [-0.15, -0.1) is 70.1 Å². The second kappa shape index (κ2) is 9.04. The SMILES string of the molecule is C[C](C)=[Zr+2].Cc1c[cH-]c2ccccc12.Cc1c[cH-]c2ccccc12. The molecule has 0 fully saturated rings. The third kappa shape index (κ3) is 5.21. The molecule has 0 aromatic heterocycles. The molecule has 120 valence electrons. The van der Waals surface area contributed by atoms with Crippen LogP contribution < -0.4 is 0 Å². The summed E-state index contributed by atoms with van der Waals surface area (Å²) in [6.07, 6.45) is 0. The molecule has 0 N–H and O–H groups in total. The molecule has 0 amide bonds. The molecule has 4 rings (SSSR count). The fourth-order valence-electron chi connectivity index (χ4n) is 2.61. The van der Waals surface area contributed by atoms with E-state index in [1.165, 1.54) is 35.9 Å². The summed E-state index contributed by atoms with van der Waals surface area (Å²) in [6.45, 7) is 8.53. The topological polar surface area (TPSA) is 0 Å². The maximum atomic E-state index is 2.16. The average Bonchev–Trinajstić information content (AvgIpc) is 3.13. The summed E-state index contributed by atoms with van der Waals surface area (Å²) < 4.78 is 1.51. The van der Waals surface area contributed by atoms with Crippen LogP contribution in [0, 0.1) is 13.8 Å². The molecule has 0 radical (unpaired) electrons. The molecule has 0 atom stereocenters. The molecule has 0 aliphatic carbocycles. The molecule has 4 aromatic rings. The van der Waals surface area contributed by atoms with E-state index in [9.17, 15) is 0 Å². The van der Waals surface area contributed by atoms with E-state index >= 15 is 0 Å². The van der Waals surface area contributed by atoms with Gasteiger partial charge in [0.2, 0.25) is 0 Å². The molecule has 0 nitrogen and oxygen atoms in total. The van der Waals surface area contributed by atoms with Gasteiger partial charge >= 0.3 is 41.3 Å². The first-order chi connectivity index (χ1) is 11.5. The monoisotopic (exact) mass is 390 g/mol. The maximum Gasteiger partial charge on any atom is -0.0809 e. The van der Waals surface area contributed by atoms with Gasteiger partial charge in [0.25, 0.3) is 0 Å². The third-order valence-corrected chi connectivity index (χ3v) is 3.80. The fraction of sp³-hybridized carbons (Fsp3) is 0.174. The van der Waals surface area contributed by atoms with Gasteiger partial charge in [-0.25, -0.2) is 0 Å². The number of aryl methyl sites for hydroxylation is 2. The van der Waals surface area contributed by atoms with Crippen molar-refractivity contribution in [1.29, 1.82) is 0 Å². The van der Waals surface area contributed by atoms with Crippen LogP contribution in [0.2, 0.25) is 0 Å². The van der Waals surface area contributed by atoms with Crippen LogP contribution in [-0.4, -0.2) is 3.21 Å². The van der Waals surface area contributed by atoms with E-state index in [4.69, 9.17) is 0 Å². The van der Waals surface area contributed by atoms with Crippen LogP contribution in [0.5, 0.6) is 0 Å². The molecule has 0 aliphatic heterocycles. The summed E-state index contributed by atoms with van der Waals surface area (Å²) in [5, 5.41) is 5.45. The van der Waals surface area contributed by atoms with Gasteiger partial charge in [0.15, 0.2) is 0 Å². The van der Waals surface area contributed by atoms with E-state index < -0.39 is 0 Å². The van der Waals surface area contributed by atoms with Crippen molar-refractivity contribution in [3.63, 3.8) is 0 Å². The molecular weight excluding hydrogens is 367 g/mol. The Morgan fingerprint density at radius 1 is 0.708 bits per heavy atom. The molecule has 4 aromatic carbocycles. The Labute approximate surface area is 160 Å². The van der Waals surface area contributed by atoms with Crippen LogP contribution in [0.15, 0.2) is 72.8 Å². The van der Waals surface area contributed by atoms with Crippen molar-refractivity contribution in [3.05, 3.63) is 83.9 Å². The Kier molecular flexibility index (Phi) is 7.06. The zero-order chi connectivity index (χ0) is 17.5. The van der Waals surface area contributed by atoms with E-state index in [0.29, 0.717) is 0 Å². The Balaban J connectivity index is 0.000000143.